The summed E-state index contributed by atoms with van der Waals surface area (Å²) in [5.41, 5.74) is 1.64. The summed E-state index contributed by atoms with van der Waals surface area (Å²) in [6.45, 7) is 7.35. The molecule has 0 aliphatic carbocycles. The van der Waals surface area contributed by atoms with Crippen LogP contribution in [0.1, 0.15) is 49.5 Å². The fourth-order valence-corrected chi connectivity index (χ4v) is 1.95. The van der Waals surface area contributed by atoms with Crippen molar-refractivity contribution < 1.29 is 9.53 Å². The maximum absolute atomic E-state index is 11.6. The van der Waals surface area contributed by atoms with Gasteiger partial charge < -0.3 is 10.1 Å². The number of ether oxygens (including phenoxy) is 1. The predicted octanol–water partition coefficient (Wildman–Crippen LogP) is 3.39. The Balaban J connectivity index is 2.55. The van der Waals surface area contributed by atoms with Crippen LogP contribution in [0.5, 0.6) is 0 Å². The van der Waals surface area contributed by atoms with Crippen LogP contribution in [0.2, 0.25) is 0 Å². The van der Waals surface area contributed by atoms with Crippen molar-refractivity contribution in [2.75, 3.05) is 7.11 Å². The molecular weight excluding hydrogens is 238 g/mol. The second kappa shape index (κ2) is 7.95. The van der Waals surface area contributed by atoms with Gasteiger partial charge in [-0.25, -0.2) is 4.79 Å². The highest BCUT2D eigenvalue weighted by molar-refractivity contribution is 5.90. The van der Waals surface area contributed by atoms with Gasteiger partial charge >= 0.3 is 5.97 Å². The van der Waals surface area contributed by atoms with Crippen molar-refractivity contribution in [1.82, 2.24) is 5.32 Å². The molecule has 0 aliphatic heterocycles. The van der Waals surface area contributed by atoms with Gasteiger partial charge in [0.25, 0.3) is 0 Å². The third-order valence-electron chi connectivity index (χ3n) is 3.24. The van der Waals surface area contributed by atoms with E-state index in [1.165, 1.54) is 13.5 Å². The molecule has 0 heterocycles. The fraction of sp³-hybridized carbons (Fsp3) is 0.562. The van der Waals surface area contributed by atoms with Gasteiger partial charge in [0.05, 0.1) is 12.7 Å². The summed E-state index contributed by atoms with van der Waals surface area (Å²) in [4.78, 5) is 11.6. The smallest absolute Gasteiger partial charge is 0.338 e. The van der Waals surface area contributed by atoms with Crippen LogP contribution in [0.25, 0.3) is 0 Å². The van der Waals surface area contributed by atoms with Crippen LogP contribution < -0.4 is 5.32 Å². The second-order valence-corrected chi connectivity index (χ2v) is 5.40. The first-order valence-electron chi connectivity index (χ1n) is 6.94. The number of carbonyl (C=O) groups is 1. The van der Waals surface area contributed by atoms with Gasteiger partial charge in [0.2, 0.25) is 0 Å². The number of hydrogen-bond acceptors (Lipinski definition) is 3. The minimum absolute atomic E-state index is 0.271. The minimum atomic E-state index is -0.271. The summed E-state index contributed by atoms with van der Waals surface area (Å²) in [5.74, 6) is 0.457. The van der Waals surface area contributed by atoms with E-state index < -0.39 is 0 Å². The zero-order valence-corrected chi connectivity index (χ0v) is 12.4. The lowest BCUT2D eigenvalue weighted by Crippen LogP contribution is -2.26. The van der Waals surface area contributed by atoms with E-state index in [0.717, 1.165) is 17.9 Å². The average Bonchev–Trinajstić information content (AvgIpc) is 2.42. The highest BCUT2D eigenvalue weighted by Gasteiger charge is 2.11. The van der Waals surface area contributed by atoms with Crippen molar-refractivity contribution in [2.24, 2.45) is 5.92 Å². The highest BCUT2D eigenvalue weighted by atomic mass is 16.5. The van der Waals surface area contributed by atoms with Crippen LogP contribution >= 0.6 is 0 Å². The quantitative estimate of drug-likeness (QED) is 0.766. The van der Waals surface area contributed by atoms with Crippen LogP contribution in [0.4, 0.5) is 0 Å². The zero-order chi connectivity index (χ0) is 14.3. The molecule has 0 aromatic heterocycles. The van der Waals surface area contributed by atoms with Crippen LogP contribution in [0.3, 0.4) is 0 Å². The number of methoxy groups -OCH3 is 1. The maximum Gasteiger partial charge on any atom is 0.338 e. The number of rotatable bonds is 7. The van der Waals surface area contributed by atoms with Gasteiger partial charge in [-0.3, -0.25) is 0 Å². The van der Waals surface area contributed by atoms with Gasteiger partial charge in [-0.15, -0.1) is 0 Å². The van der Waals surface area contributed by atoms with Crippen molar-refractivity contribution in [2.45, 2.75) is 46.2 Å². The second-order valence-electron chi connectivity index (χ2n) is 5.40. The summed E-state index contributed by atoms with van der Waals surface area (Å²) in [7, 11) is 1.41. The molecule has 1 atom stereocenters. The fourth-order valence-electron chi connectivity index (χ4n) is 1.95. The SMILES string of the molecule is COC(=O)c1ccccc1CNC(C)CCC(C)C. The Morgan fingerprint density at radius 2 is 1.89 bits per heavy atom. The van der Waals surface area contributed by atoms with E-state index in [1.807, 2.05) is 24.3 Å². The molecular formula is C16H25NO2. The molecule has 1 aromatic rings. The Morgan fingerprint density at radius 1 is 1.21 bits per heavy atom. The van der Waals surface area contributed by atoms with E-state index in [-0.39, 0.29) is 5.97 Å². The van der Waals surface area contributed by atoms with Gasteiger partial charge in [0.1, 0.15) is 0 Å². The molecule has 0 amide bonds. The predicted molar refractivity (Wildman–Crippen MR) is 78.2 cm³/mol. The van der Waals surface area contributed by atoms with Crippen LogP contribution in [0, 0.1) is 5.92 Å². The Kier molecular flexibility index (Phi) is 6.57. The molecule has 0 radical (unpaired) electrons. The molecule has 0 saturated carbocycles. The van der Waals surface area contributed by atoms with Gasteiger partial charge in [-0.1, -0.05) is 32.0 Å². The first kappa shape index (κ1) is 15.7. The van der Waals surface area contributed by atoms with Gasteiger partial charge in [-0.2, -0.15) is 0 Å². The molecule has 1 aromatic carbocycles. The Morgan fingerprint density at radius 3 is 2.53 bits per heavy atom. The summed E-state index contributed by atoms with van der Waals surface area (Å²) < 4.78 is 4.80. The summed E-state index contributed by atoms with van der Waals surface area (Å²) in [6, 6.07) is 8.03. The van der Waals surface area contributed by atoms with Crippen molar-refractivity contribution >= 4 is 5.97 Å². The number of benzene rings is 1. The minimum Gasteiger partial charge on any atom is -0.465 e. The third-order valence-corrected chi connectivity index (χ3v) is 3.24. The Labute approximate surface area is 116 Å². The van der Waals surface area contributed by atoms with Gasteiger partial charge in [0, 0.05) is 12.6 Å². The molecule has 1 rings (SSSR count). The topological polar surface area (TPSA) is 38.3 Å². The number of carbonyl (C=O) groups excluding carboxylic acids is 1. The van der Waals surface area contributed by atoms with Crippen molar-refractivity contribution in [3.8, 4) is 0 Å². The molecule has 106 valence electrons. The third kappa shape index (κ3) is 5.43. The van der Waals surface area contributed by atoms with Crippen molar-refractivity contribution in [3.05, 3.63) is 35.4 Å². The van der Waals surface area contributed by atoms with Gasteiger partial charge in [0.15, 0.2) is 0 Å². The Bertz CT molecular complexity index is 401. The molecule has 3 heteroatoms. The van der Waals surface area contributed by atoms with E-state index in [9.17, 15) is 4.79 Å². The van der Waals surface area contributed by atoms with Crippen molar-refractivity contribution in [1.29, 1.82) is 0 Å². The molecule has 0 bridgehead atoms. The summed E-state index contributed by atoms with van der Waals surface area (Å²) in [5, 5.41) is 3.47. The Hall–Kier alpha value is -1.35. The molecule has 1 unspecified atom stereocenters. The molecule has 0 aliphatic rings. The zero-order valence-electron chi connectivity index (χ0n) is 12.4. The van der Waals surface area contributed by atoms with Crippen LogP contribution in [-0.2, 0) is 11.3 Å². The van der Waals surface area contributed by atoms with E-state index >= 15 is 0 Å². The van der Waals surface area contributed by atoms with E-state index in [4.69, 9.17) is 4.74 Å². The first-order chi connectivity index (χ1) is 9.04. The number of hydrogen-bond donors (Lipinski definition) is 1. The lowest BCUT2D eigenvalue weighted by Gasteiger charge is -2.16. The van der Waals surface area contributed by atoms with E-state index in [2.05, 4.69) is 26.1 Å². The lowest BCUT2D eigenvalue weighted by atomic mass is 10.0. The maximum atomic E-state index is 11.6. The van der Waals surface area contributed by atoms with Gasteiger partial charge in [-0.05, 0) is 37.3 Å². The average molecular weight is 263 g/mol. The monoisotopic (exact) mass is 263 g/mol. The number of esters is 1. The molecule has 0 fully saturated rings. The molecule has 0 saturated heterocycles. The van der Waals surface area contributed by atoms with E-state index in [1.54, 1.807) is 0 Å². The normalized spacial score (nSPS) is 12.5. The van der Waals surface area contributed by atoms with Crippen molar-refractivity contribution in [3.63, 3.8) is 0 Å². The standard InChI is InChI=1S/C16H25NO2/c1-12(2)9-10-13(3)17-11-14-7-5-6-8-15(14)16(18)19-4/h5-8,12-13,17H,9-11H2,1-4H3. The lowest BCUT2D eigenvalue weighted by molar-refractivity contribution is 0.0599. The first-order valence-corrected chi connectivity index (χ1v) is 6.94. The largest absolute Gasteiger partial charge is 0.465 e. The summed E-state index contributed by atoms with van der Waals surface area (Å²) >= 11 is 0. The molecule has 0 spiro atoms. The molecule has 19 heavy (non-hydrogen) atoms. The highest BCUT2D eigenvalue weighted by Crippen LogP contribution is 2.11. The molecule has 1 N–H and O–H groups in total. The van der Waals surface area contributed by atoms with E-state index in [0.29, 0.717) is 18.2 Å². The molecule has 3 nitrogen and oxygen atoms in total. The number of nitrogens with one attached hydrogen (secondary N) is 1. The van der Waals surface area contributed by atoms with Crippen LogP contribution in [0.15, 0.2) is 24.3 Å². The van der Waals surface area contributed by atoms with Crippen LogP contribution in [-0.4, -0.2) is 19.1 Å². The summed E-state index contributed by atoms with van der Waals surface area (Å²) in [6.07, 6.45) is 2.37.